The molecule has 0 bridgehead atoms. The van der Waals surface area contributed by atoms with Gasteiger partial charge in [0.2, 0.25) is 0 Å². The molecule has 2 aliphatic heterocycles. The van der Waals surface area contributed by atoms with Crippen molar-refractivity contribution in [1.29, 1.82) is 5.26 Å². The summed E-state index contributed by atoms with van der Waals surface area (Å²) >= 11 is 0. The fraction of sp³-hybridized carbons (Fsp3) is 0.846. The summed E-state index contributed by atoms with van der Waals surface area (Å²) in [5.41, 5.74) is -0.807. The van der Waals surface area contributed by atoms with Crippen molar-refractivity contribution in [2.24, 2.45) is 5.92 Å². The van der Waals surface area contributed by atoms with Crippen molar-refractivity contribution in [3.63, 3.8) is 0 Å². The van der Waals surface area contributed by atoms with E-state index >= 15 is 0 Å². The molecule has 3 fully saturated rings. The number of likely N-dealkylation sites (tertiary alicyclic amines) is 1. The molecule has 1 N–H and O–H groups in total. The zero-order chi connectivity index (χ0) is 11.9. The SMILES string of the molecule is N#CC1(C=O)CCN1C1CNC2CCCCC21. The molecule has 3 aliphatic rings. The van der Waals surface area contributed by atoms with Crippen molar-refractivity contribution in [3.05, 3.63) is 0 Å². The van der Waals surface area contributed by atoms with Gasteiger partial charge in [-0.25, -0.2) is 0 Å². The number of carbonyl (C=O) groups excluding carboxylic acids is 1. The van der Waals surface area contributed by atoms with Gasteiger partial charge in [-0.2, -0.15) is 5.26 Å². The quantitative estimate of drug-likeness (QED) is 0.713. The average molecular weight is 233 g/mol. The molecule has 17 heavy (non-hydrogen) atoms. The molecule has 0 radical (unpaired) electrons. The van der Waals surface area contributed by atoms with Crippen LogP contribution in [0.2, 0.25) is 0 Å². The number of rotatable bonds is 2. The Morgan fingerprint density at radius 1 is 1.41 bits per heavy atom. The van der Waals surface area contributed by atoms with Crippen molar-refractivity contribution in [2.45, 2.75) is 49.7 Å². The van der Waals surface area contributed by atoms with Crippen molar-refractivity contribution in [2.75, 3.05) is 13.1 Å². The van der Waals surface area contributed by atoms with Gasteiger partial charge in [-0.3, -0.25) is 4.90 Å². The van der Waals surface area contributed by atoms with E-state index in [0.29, 0.717) is 24.4 Å². The van der Waals surface area contributed by atoms with Crippen molar-refractivity contribution in [1.82, 2.24) is 10.2 Å². The van der Waals surface area contributed by atoms with Crippen LogP contribution in [0.15, 0.2) is 0 Å². The van der Waals surface area contributed by atoms with E-state index in [1.54, 1.807) is 0 Å². The fourth-order valence-electron chi connectivity index (χ4n) is 3.85. The normalized spacial score (nSPS) is 45.7. The first-order valence-electron chi connectivity index (χ1n) is 6.68. The minimum absolute atomic E-state index is 0.402. The largest absolute Gasteiger partial charge is 0.312 e. The molecule has 2 heterocycles. The van der Waals surface area contributed by atoms with E-state index in [1.807, 2.05) is 0 Å². The molecule has 1 saturated carbocycles. The van der Waals surface area contributed by atoms with Gasteiger partial charge in [0.25, 0.3) is 0 Å². The zero-order valence-corrected chi connectivity index (χ0v) is 10.1. The summed E-state index contributed by atoms with van der Waals surface area (Å²) in [5, 5.41) is 12.8. The van der Waals surface area contributed by atoms with Crippen molar-refractivity contribution in [3.8, 4) is 6.07 Å². The highest BCUT2D eigenvalue weighted by Gasteiger charge is 2.53. The molecule has 3 rings (SSSR count). The Kier molecular flexibility index (Phi) is 2.68. The van der Waals surface area contributed by atoms with E-state index in [2.05, 4.69) is 16.3 Å². The van der Waals surface area contributed by atoms with Crippen LogP contribution in [-0.4, -0.2) is 41.9 Å². The maximum Gasteiger partial charge on any atom is 0.166 e. The maximum atomic E-state index is 11.2. The van der Waals surface area contributed by atoms with E-state index in [4.69, 9.17) is 0 Å². The van der Waals surface area contributed by atoms with Crippen molar-refractivity contribution >= 4 is 6.29 Å². The molecule has 4 unspecified atom stereocenters. The van der Waals surface area contributed by atoms with E-state index < -0.39 is 5.54 Å². The first-order chi connectivity index (χ1) is 8.30. The summed E-state index contributed by atoms with van der Waals surface area (Å²) in [4.78, 5) is 13.3. The Labute approximate surface area is 102 Å². The lowest BCUT2D eigenvalue weighted by Gasteiger charge is -2.49. The number of nitrogens with zero attached hydrogens (tertiary/aromatic N) is 2. The Balaban J connectivity index is 1.77. The van der Waals surface area contributed by atoms with Gasteiger partial charge >= 0.3 is 0 Å². The number of carbonyl (C=O) groups is 1. The molecular formula is C13H19N3O. The Bertz CT molecular complexity index is 364. The monoisotopic (exact) mass is 233 g/mol. The van der Waals surface area contributed by atoms with Gasteiger partial charge in [0.1, 0.15) is 0 Å². The standard InChI is InChI=1S/C13H19N3O/c14-8-13(9-17)5-6-16(13)12-7-15-11-4-2-1-3-10(11)12/h9-12,15H,1-7H2. The van der Waals surface area contributed by atoms with E-state index in [9.17, 15) is 10.1 Å². The van der Waals surface area contributed by atoms with Crippen LogP contribution in [0, 0.1) is 17.2 Å². The molecule has 1 aliphatic carbocycles. The van der Waals surface area contributed by atoms with Gasteiger partial charge in [0, 0.05) is 25.2 Å². The number of hydrogen-bond donors (Lipinski definition) is 1. The minimum Gasteiger partial charge on any atom is -0.312 e. The van der Waals surface area contributed by atoms with Crippen LogP contribution in [0.1, 0.15) is 32.1 Å². The van der Waals surface area contributed by atoms with E-state index in [1.165, 1.54) is 25.7 Å². The number of fused-ring (bicyclic) bond motifs is 1. The lowest BCUT2D eigenvalue weighted by Crippen LogP contribution is -2.65. The molecule has 4 heteroatoms. The smallest absolute Gasteiger partial charge is 0.166 e. The van der Waals surface area contributed by atoms with Crippen LogP contribution < -0.4 is 5.32 Å². The van der Waals surface area contributed by atoms with Gasteiger partial charge in [0.05, 0.1) is 6.07 Å². The van der Waals surface area contributed by atoms with Crippen LogP contribution >= 0.6 is 0 Å². The molecule has 4 atom stereocenters. The maximum absolute atomic E-state index is 11.2. The average Bonchev–Trinajstić information content (AvgIpc) is 2.74. The number of nitrogens with one attached hydrogen (secondary N) is 1. The van der Waals surface area contributed by atoms with E-state index in [-0.39, 0.29) is 0 Å². The highest BCUT2D eigenvalue weighted by molar-refractivity contribution is 5.71. The molecule has 2 saturated heterocycles. The third-order valence-electron chi connectivity index (χ3n) is 4.94. The fourth-order valence-corrected chi connectivity index (χ4v) is 3.85. The molecule has 0 amide bonds. The van der Waals surface area contributed by atoms with Gasteiger partial charge < -0.3 is 10.1 Å². The topological polar surface area (TPSA) is 56.1 Å². The molecule has 4 nitrogen and oxygen atoms in total. The Morgan fingerprint density at radius 3 is 2.88 bits per heavy atom. The second-order valence-corrected chi connectivity index (χ2v) is 5.63. The molecular weight excluding hydrogens is 214 g/mol. The second-order valence-electron chi connectivity index (χ2n) is 5.63. The van der Waals surface area contributed by atoms with Crippen LogP contribution in [0.3, 0.4) is 0 Å². The van der Waals surface area contributed by atoms with Crippen molar-refractivity contribution < 1.29 is 4.79 Å². The van der Waals surface area contributed by atoms with Gasteiger partial charge in [0.15, 0.2) is 11.8 Å². The number of aldehydes is 1. The first-order valence-corrected chi connectivity index (χ1v) is 6.68. The highest BCUT2D eigenvalue weighted by atomic mass is 16.1. The predicted molar refractivity (Wildman–Crippen MR) is 63.3 cm³/mol. The molecule has 0 aromatic carbocycles. The summed E-state index contributed by atoms with van der Waals surface area (Å²) < 4.78 is 0. The zero-order valence-electron chi connectivity index (χ0n) is 10.1. The third-order valence-corrected chi connectivity index (χ3v) is 4.94. The first kappa shape index (κ1) is 11.2. The summed E-state index contributed by atoms with van der Waals surface area (Å²) in [7, 11) is 0. The number of hydrogen-bond acceptors (Lipinski definition) is 4. The molecule has 0 aromatic rings. The third kappa shape index (κ3) is 1.53. The number of nitriles is 1. The molecule has 0 aromatic heterocycles. The van der Waals surface area contributed by atoms with Crippen LogP contribution in [0.4, 0.5) is 0 Å². The molecule has 92 valence electrons. The van der Waals surface area contributed by atoms with Crippen LogP contribution in [0.5, 0.6) is 0 Å². The minimum atomic E-state index is -0.807. The second kappa shape index (κ2) is 4.08. The van der Waals surface area contributed by atoms with E-state index in [0.717, 1.165) is 19.4 Å². The van der Waals surface area contributed by atoms with Gasteiger partial charge in [-0.15, -0.1) is 0 Å². The van der Waals surface area contributed by atoms with Crippen LogP contribution in [0.25, 0.3) is 0 Å². The van der Waals surface area contributed by atoms with Crippen LogP contribution in [-0.2, 0) is 4.79 Å². The Morgan fingerprint density at radius 2 is 2.24 bits per heavy atom. The highest BCUT2D eigenvalue weighted by Crippen LogP contribution is 2.40. The summed E-state index contributed by atoms with van der Waals surface area (Å²) in [6, 6.07) is 3.24. The van der Waals surface area contributed by atoms with Gasteiger partial charge in [-0.05, 0) is 25.2 Å². The molecule has 0 spiro atoms. The Hall–Kier alpha value is -0.920. The predicted octanol–water partition coefficient (Wildman–Crippen LogP) is 0.684. The summed E-state index contributed by atoms with van der Waals surface area (Å²) in [6.45, 7) is 1.86. The van der Waals surface area contributed by atoms with Gasteiger partial charge in [-0.1, -0.05) is 12.8 Å². The summed E-state index contributed by atoms with van der Waals surface area (Å²) in [6.07, 6.45) is 6.69. The lowest BCUT2D eigenvalue weighted by molar-refractivity contribution is -0.125. The lowest BCUT2D eigenvalue weighted by atomic mass is 9.78. The summed E-state index contributed by atoms with van der Waals surface area (Å²) in [5.74, 6) is 0.650.